The highest BCUT2D eigenvalue weighted by Crippen LogP contribution is 2.24. The molecule has 20 heavy (non-hydrogen) atoms. The molecule has 106 valence electrons. The van der Waals surface area contributed by atoms with Crippen LogP contribution in [0.3, 0.4) is 0 Å². The highest BCUT2D eigenvalue weighted by Gasteiger charge is 2.10. The molecule has 0 radical (unpaired) electrons. The molecule has 0 saturated heterocycles. The molecule has 1 aromatic carbocycles. The number of amides is 1. The summed E-state index contributed by atoms with van der Waals surface area (Å²) in [5.41, 5.74) is 3.44. The molecular weight excluding hydrogens is 270 g/mol. The first-order valence-corrected chi connectivity index (χ1v) is 7.42. The van der Waals surface area contributed by atoms with E-state index in [1.54, 1.807) is 18.4 Å². The summed E-state index contributed by atoms with van der Waals surface area (Å²) in [6.07, 6.45) is 0.423. The molecule has 1 aromatic heterocycles. The average molecular weight is 289 g/mol. The Morgan fingerprint density at radius 1 is 1.25 bits per heavy atom. The van der Waals surface area contributed by atoms with E-state index in [1.807, 2.05) is 43.5 Å². The molecule has 1 amide bonds. The minimum atomic E-state index is 0.0397. The van der Waals surface area contributed by atoms with Crippen molar-refractivity contribution in [1.29, 1.82) is 0 Å². The van der Waals surface area contributed by atoms with Crippen molar-refractivity contribution in [1.82, 2.24) is 5.32 Å². The molecule has 0 spiro atoms. The number of thiophene rings is 1. The molecule has 2 aromatic rings. The Hall–Kier alpha value is -1.81. The zero-order valence-electron chi connectivity index (χ0n) is 12.0. The highest BCUT2D eigenvalue weighted by molar-refractivity contribution is 7.10. The van der Waals surface area contributed by atoms with Gasteiger partial charge in [-0.05, 0) is 42.0 Å². The van der Waals surface area contributed by atoms with E-state index >= 15 is 0 Å². The molecule has 3 nitrogen and oxygen atoms in total. The normalized spacial score (nSPS) is 10.3. The van der Waals surface area contributed by atoms with E-state index in [4.69, 9.17) is 4.74 Å². The number of methoxy groups -OCH3 is 1. The lowest BCUT2D eigenvalue weighted by Crippen LogP contribution is -2.25. The number of rotatable bonds is 5. The Kier molecular flexibility index (Phi) is 4.79. The van der Waals surface area contributed by atoms with Crippen molar-refractivity contribution in [2.45, 2.75) is 26.8 Å². The van der Waals surface area contributed by atoms with Gasteiger partial charge >= 0.3 is 0 Å². The Bertz CT molecular complexity index is 584. The largest absolute Gasteiger partial charge is 0.496 e. The van der Waals surface area contributed by atoms with E-state index in [0.717, 1.165) is 27.3 Å². The topological polar surface area (TPSA) is 38.3 Å². The van der Waals surface area contributed by atoms with Gasteiger partial charge in [-0.25, -0.2) is 0 Å². The average Bonchev–Trinajstić information content (AvgIpc) is 2.88. The van der Waals surface area contributed by atoms with Crippen molar-refractivity contribution in [3.63, 3.8) is 0 Å². The van der Waals surface area contributed by atoms with Crippen LogP contribution in [-0.4, -0.2) is 13.0 Å². The maximum Gasteiger partial charge on any atom is 0.224 e. The van der Waals surface area contributed by atoms with Gasteiger partial charge in [0.1, 0.15) is 5.75 Å². The first-order valence-electron chi connectivity index (χ1n) is 6.54. The van der Waals surface area contributed by atoms with Crippen molar-refractivity contribution in [2.24, 2.45) is 0 Å². The summed E-state index contributed by atoms with van der Waals surface area (Å²) in [6, 6.07) is 8.01. The number of benzene rings is 1. The van der Waals surface area contributed by atoms with E-state index in [-0.39, 0.29) is 5.91 Å². The standard InChI is InChI=1S/C16H19NO2S/c1-11-5-4-6-12(2)13(11)9-16(18)17-10-15-14(19-3)7-8-20-15/h4-8H,9-10H2,1-3H3,(H,17,18). The van der Waals surface area contributed by atoms with Crippen molar-refractivity contribution >= 4 is 17.2 Å². The molecule has 2 rings (SSSR count). The first-order chi connectivity index (χ1) is 9.61. The van der Waals surface area contributed by atoms with Crippen molar-refractivity contribution in [2.75, 3.05) is 7.11 Å². The van der Waals surface area contributed by atoms with Gasteiger partial charge in [-0.1, -0.05) is 18.2 Å². The molecule has 0 aliphatic rings. The number of nitrogens with one attached hydrogen (secondary N) is 1. The number of hydrogen-bond acceptors (Lipinski definition) is 3. The second-order valence-electron chi connectivity index (χ2n) is 4.74. The van der Waals surface area contributed by atoms with Gasteiger partial charge in [0.25, 0.3) is 0 Å². The number of carbonyl (C=O) groups is 1. The summed E-state index contributed by atoms with van der Waals surface area (Å²) < 4.78 is 5.23. The van der Waals surface area contributed by atoms with E-state index < -0.39 is 0 Å². The summed E-state index contributed by atoms with van der Waals surface area (Å²) >= 11 is 1.59. The van der Waals surface area contributed by atoms with Gasteiger partial charge in [0.2, 0.25) is 5.91 Å². The summed E-state index contributed by atoms with van der Waals surface area (Å²) in [6.45, 7) is 4.60. The van der Waals surface area contributed by atoms with Gasteiger partial charge in [-0.3, -0.25) is 4.79 Å². The molecule has 0 saturated carbocycles. The van der Waals surface area contributed by atoms with Crippen molar-refractivity contribution < 1.29 is 9.53 Å². The first kappa shape index (κ1) is 14.6. The minimum Gasteiger partial charge on any atom is -0.496 e. The molecule has 0 unspecified atom stereocenters. The van der Waals surface area contributed by atoms with Crippen LogP contribution in [0.1, 0.15) is 21.6 Å². The summed E-state index contributed by atoms with van der Waals surface area (Å²) in [7, 11) is 1.64. The molecule has 0 fully saturated rings. The number of carbonyl (C=O) groups excluding carboxylic acids is 1. The number of aryl methyl sites for hydroxylation is 2. The lowest BCUT2D eigenvalue weighted by Gasteiger charge is -2.10. The van der Waals surface area contributed by atoms with Crippen LogP contribution in [0.4, 0.5) is 0 Å². The van der Waals surface area contributed by atoms with Crippen LogP contribution in [0.15, 0.2) is 29.6 Å². The third kappa shape index (κ3) is 3.39. The van der Waals surface area contributed by atoms with Crippen LogP contribution in [0, 0.1) is 13.8 Å². The third-order valence-electron chi connectivity index (χ3n) is 3.35. The van der Waals surface area contributed by atoms with Gasteiger partial charge in [-0.15, -0.1) is 11.3 Å². The SMILES string of the molecule is COc1ccsc1CNC(=O)Cc1c(C)cccc1C. The minimum absolute atomic E-state index is 0.0397. The van der Waals surface area contributed by atoms with Gasteiger partial charge in [0, 0.05) is 0 Å². The monoisotopic (exact) mass is 289 g/mol. The Morgan fingerprint density at radius 3 is 2.60 bits per heavy atom. The number of hydrogen-bond donors (Lipinski definition) is 1. The molecule has 4 heteroatoms. The van der Waals surface area contributed by atoms with Gasteiger partial charge in [0.15, 0.2) is 0 Å². The van der Waals surface area contributed by atoms with Crippen molar-refractivity contribution in [3.8, 4) is 5.75 Å². The van der Waals surface area contributed by atoms with E-state index in [1.165, 1.54) is 0 Å². The molecular formula is C16H19NO2S. The highest BCUT2D eigenvalue weighted by atomic mass is 32.1. The van der Waals surface area contributed by atoms with Gasteiger partial charge < -0.3 is 10.1 Å². The zero-order valence-corrected chi connectivity index (χ0v) is 12.8. The lowest BCUT2D eigenvalue weighted by atomic mass is 10.00. The van der Waals surface area contributed by atoms with Gasteiger partial charge in [0.05, 0.1) is 25.0 Å². The smallest absolute Gasteiger partial charge is 0.224 e. The quantitative estimate of drug-likeness (QED) is 0.917. The van der Waals surface area contributed by atoms with E-state index in [0.29, 0.717) is 13.0 Å². The molecule has 0 aliphatic heterocycles. The van der Waals surface area contributed by atoms with Crippen LogP contribution < -0.4 is 10.1 Å². The van der Waals surface area contributed by atoms with E-state index in [9.17, 15) is 4.79 Å². The maximum atomic E-state index is 12.1. The lowest BCUT2D eigenvalue weighted by molar-refractivity contribution is -0.120. The predicted octanol–water partition coefficient (Wildman–Crippen LogP) is 3.23. The zero-order chi connectivity index (χ0) is 14.5. The predicted molar refractivity (Wildman–Crippen MR) is 82.3 cm³/mol. The third-order valence-corrected chi connectivity index (χ3v) is 4.25. The fourth-order valence-corrected chi connectivity index (χ4v) is 2.95. The van der Waals surface area contributed by atoms with E-state index in [2.05, 4.69) is 5.32 Å². The van der Waals surface area contributed by atoms with Crippen molar-refractivity contribution in [3.05, 3.63) is 51.2 Å². The summed E-state index contributed by atoms with van der Waals surface area (Å²) in [5, 5.41) is 4.92. The maximum absolute atomic E-state index is 12.1. The summed E-state index contributed by atoms with van der Waals surface area (Å²) in [5.74, 6) is 0.875. The Labute approximate surface area is 123 Å². The Morgan fingerprint density at radius 2 is 1.95 bits per heavy atom. The molecule has 1 N–H and O–H groups in total. The Balaban J connectivity index is 1.96. The van der Waals surface area contributed by atoms with Crippen LogP contribution in [0.25, 0.3) is 0 Å². The van der Waals surface area contributed by atoms with Gasteiger partial charge in [-0.2, -0.15) is 0 Å². The molecule has 0 aliphatic carbocycles. The molecule has 0 atom stereocenters. The second-order valence-corrected chi connectivity index (χ2v) is 5.74. The number of ether oxygens (including phenoxy) is 1. The van der Waals surface area contributed by atoms with Crippen LogP contribution >= 0.6 is 11.3 Å². The molecule has 0 bridgehead atoms. The molecule has 1 heterocycles. The summed E-state index contributed by atoms with van der Waals surface area (Å²) in [4.78, 5) is 13.1. The fourth-order valence-electron chi connectivity index (χ4n) is 2.17. The van der Waals surface area contributed by atoms with Crippen LogP contribution in [0.2, 0.25) is 0 Å². The second kappa shape index (κ2) is 6.57. The van der Waals surface area contributed by atoms with Crippen LogP contribution in [-0.2, 0) is 17.8 Å². The van der Waals surface area contributed by atoms with Crippen LogP contribution in [0.5, 0.6) is 5.75 Å². The fraction of sp³-hybridized carbons (Fsp3) is 0.312.